The van der Waals surface area contributed by atoms with E-state index in [9.17, 15) is 9.59 Å². The Hall–Kier alpha value is -3.20. The summed E-state index contributed by atoms with van der Waals surface area (Å²) in [4.78, 5) is 25.3. The fourth-order valence-electron chi connectivity index (χ4n) is 3.18. The Morgan fingerprint density at radius 1 is 1.25 bits per heavy atom. The van der Waals surface area contributed by atoms with Crippen LogP contribution in [-0.4, -0.2) is 22.7 Å². The van der Waals surface area contributed by atoms with Crippen LogP contribution in [-0.2, 0) is 6.42 Å². The van der Waals surface area contributed by atoms with Crippen molar-refractivity contribution < 1.29 is 18.5 Å². The maximum atomic E-state index is 12.6. The summed E-state index contributed by atoms with van der Waals surface area (Å²) in [5.74, 6) is 1.19. The molecule has 144 valence electrons. The monoisotopic (exact) mass is 398 g/mol. The van der Waals surface area contributed by atoms with Crippen LogP contribution in [0.15, 0.2) is 37.6 Å². The van der Waals surface area contributed by atoms with Gasteiger partial charge in [-0.3, -0.25) is 9.59 Å². The molecule has 0 spiro atoms. The number of amides is 2. The number of aromatic nitrogens is 1. The average Bonchev–Trinajstić information content (AvgIpc) is 3.41. The lowest BCUT2D eigenvalue weighted by atomic mass is 9.93. The molecule has 0 saturated heterocycles. The number of fused-ring (bicyclic) bond motifs is 1. The van der Waals surface area contributed by atoms with Gasteiger partial charge in [-0.05, 0) is 38.1 Å². The molecule has 2 N–H and O–H groups in total. The van der Waals surface area contributed by atoms with Gasteiger partial charge >= 0.3 is 0 Å². The summed E-state index contributed by atoms with van der Waals surface area (Å²) in [6, 6.07) is 5.18. The first-order valence-corrected chi connectivity index (χ1v) is 9.68. The lowest BCUT2D eigenvalue weighted by molar-refractivity contribution is 0.0957. The van der Waals surface area contributed by atoms with E-state index in [4.69, 9.17) is 8.94 Å². The predicted molar refractivity (Wildman–Crippen MR) is 104 cm³/mol. The standard InChI is InChI=1S/C19H18N4O4S/c1-10-9-15(23-27-10)20-19(25)17-11(2)16-12(5-3-6-13(16)26-17)21-22-18(24)14-7-4-8-28-14/h4,7-9H,3,5-6H2,1-2H3,(H,22,24)(H,20,23,25)/b21-12+. The number of hydrogen-bond donors (Lipinski definition) is 2. The number of thiophene rings is 1. The van der Waals surface area contributed by atoms with E-state index in [0.717, 1.165) is 12.0 Å². The zero-order valence-electron chi connectivity index (χ0n) is 15.4. The molecule has 0 aliphatic heterocycles. The number of nitrogens with zero attached hydrogens (tertiary/aromatic N) is 2. The van der Waals surface area contributed by atoms with E-state index in [1.807, 2.05) is 18.4 Å². The minimum absolute atomic E-state index is 0.213. The molecule has 9 heteroatoms. The molecule has 0 unspecified atom stereocenters. The van der Waals surface area contributed by atoms with Crippen molar-refractivity contribution in [2.24, 2.45) is 5.10 Å². The van der Waals surface area contributed by atoms with Crippen molar-refractivity contribution in [2.45, 2.75) is 33.1 Å². The van der Waals surface area contributed by atoms with Gasteiger partial charge in [0.2, 0.25) is 0 Å². The molecule has 0 radical (unpaired) electrons. The van der Waals surface area contributed by atoms with Gasteiger partial charge in [-0.15, -0.1) is 11.3 Å². The molecule has 0 saturated carbocycles. The van der Waals surface area contributed by atoms with Crippen molar-refractivity contribution in [1.29, 1.82) is 0 Å². The molecule has 3 heterocycles. The smallest absolute Gasteiger partial charge is 0.292 e. The second-order valence-electron chi connectivity index (χ2n) is 6.46. The van der Waals surface area contributed by atoms with Gasteiger partial charge in [0.1, 0.15) is 11.5 Å². The number of furan rings is 1. The van der Waals surface area contributed by atoms with Crippen molar-refractivity contribution in [1.82, 2.24) is 10.6 Å². The van der Waals surface area contributed by atoms with Gasteiger partial charge in [0.25, 0.3) is 11.8 Å². The third kappa shape index (κ3) is 3.48. The third-order valence-corrected chi connectivity index (χ3v) is 5.31. The van der Waals surface area contributed by atoms with Crippen LogP contribution in [0.4, 0.5) is 5.82 Å². The number of anilines is 1. The van der Waals surface area contributed by atoms with Gasteiger partial charge in [0.15, 0.2) is 11.6 Å². The zero-order chi connectivity index (χ0) is 19.7. The molecule has 28 heavy (non-hydrogen) atoms. The maximum Gasteiger partial charge on any atom is 0.292 e. The van der Waals surface area contributed by atoms with Crippen LogP contribution >= 0.6 is 11.3 Å². The lowest BCUT2D eigenvalue weighted by Crippen LogP contribution is -2.21. The maximum absolute atomic E-state index is 12.6. The van der Waals surface area contributed by atoms with Gasteiger partial charge in [-0.2, -0.15) is 5.10 Å². The molecule has 0 bridgehead atoms. The summed E-state index contributed by atoms with van der Waals surface area (Å²) in [7, 11) is 0. The van der Waals surface area contributed by atoms with Crippen LogP contribution in [0.25, 0.3) is 0 Å². The highest BCUT2D eigenvalue weighted by Crippen LogP contribution is 2.30. The Labute approximate surface area is 164 Å². The van der Waals surface area contributed by atoms with Crippen molar-refractivity contribution in [3.63, 3.8) is 0 Å². The topological polar surface area (TPSA) is 110 Å². The van der Waals surface area contributed by atoms with Crippen molar-refractivity contribution in [3.05, 3.63) is 56.9 Å². The molecule has 8 nitrogen and oxygen atoms in total. The van der Waals surface area contributed by atoms with E-state index < -0.39 is 5.91 Å². The largest absolute Gasteiger partial charge is 0.455 e. The first-order valence-electron chi connectivity index (χ1n) is 8.80. The van der Waals surface area contributed by atoms with Crippen LogP contribution in [0.3, 0.4) is 0 Å². The molecular formula is C19H18N4O4S. The summed E-state index contributed by atoms with van der Waals surface area (Å²) < 4.78 is 10.8. The zero-order valence-corrected chi connectivity index (χ0v) is 16.2. The summed E-state index contributed by atoms with van der Waals surface area (Å²) in [5, 5.41) is 12.6. The van der Waals surface area contributed by atoms with Crippen LogP contribution in [0.1, 0.15) is 55.7 Å². The van der Waals surface area contributed by atoms with E-state index >= 15 is 0 Å². The number of carbonyl (C=O) groups is 2. The van der Waals surface area contributed by atoms with Crippen LogP contribution in [0.2, 0.25) is 0 Å². The molecular weight excluding hydrogens is 380 g/mol. The van der Waals surface area contributed by atoms with Crippen molar-refractivity contribution in [2.75, 3.05) is 5.32 Å². The number of nitrogens with one attached hydrogen (secondary N) is 2. The number of hydrazone groups is 1. The highest BCUT2D eigenvalue weighted by Gasteiger charge is 2.28. The Balaban J connectivity index is 1.58. The van der Waals surface area contributed by atoms with E-state index in [0.29, 0.717) is 46.3 Å². The van der Waals surface area contributed by atoms with Gasteiger partial charge in [0.05, 0.1) is 10.6 Å². The first kappa shape index (κ1) is 18.2. The Morgan fingerprint density at radius 2 is 2.11 bits per heavy atom. The fraction of sp³-hybridized carbons (Fsp3) is 0.263. The summed E-state index contributed by atoms with van der Waals surface area (Å²) >= 11 is 1.35. The molecule has 3 aromatic rings. The summed E-state index contributed by atoms with van der Waals surface area (Å²) in [6.45, 7) is 3.56. The van der Waals surface area contributed by atoms with Crippen LogP contribution in [0, 0.1) is 13.8 Å². The number of rotatable bonds is 4. The van der Waals surface area contributed by atoms with E-state index in [-0.39, 0.29) is 11.7 Å². The molecule has 1 aliphatic carbocycles. The number of hydrogen-bond acceptors (Lipinski definition) is 7. The molecule has 0 fully saturated rings. The van der Waals surface area contributed by atoms with E-state index in [1.165, 1.54) is 11.3 Å². The lowest BCUT2D eigenvalue weighted by Gasteiger charge is -2.13. The Bertz CT molecular complexity index is 1060. The normalized spacial score (nSPS) is 14.7. The molecule has 1 aliphatic rings. The third-order valence-electron chi connectivity index (χ3n) is 4.44. The predicted octanol–water partition coefficient (Wildman–Crippen LogP) is 3.67. The van der Waals surface area contributed by atoms with Gasteiger partial charge < -0.3 is 14.3 Å². The number of aryl methyl sites for hydroxylation is 2. The quantitative estimate of drug-likeness (QED) is 0.652. The van der Waals surface area contributed by atoms with Crippen molar-refractivity contribution in [3.8, 4) is 0 Å². The second kappa shape index (κ2) is 7.43. The minimum atomic E-state index is -0.401. The van der Waals surface area contributed by atoms with Gasteiger partial charge in [-0.1, -0.05) is 11.2 Å². The molecule has 4 rings (SSSR count). The fourth-order valence-corrected chi connectivity index (χ4v) is 3.79. The molecule has 3 aromatic heterocycles. The molecule has 0 atom stereocenters. The average molecular weight is 398 g/mol. The SMILES string of the molecule is Cc1cc(NC(=O)c2oc3c(c2C)/C(=N/NC(=O)c2cccs2)CCC3)no1. The Kier molecular flexibility index (Phi) is 4.82. The van der Waals surface area contributed by atoms with E-state index in [1.54, 1.807) is 19.1 Å². The Morgan fingerprint density at radius 3 is 2.82 bits per heavy atom. The van der Waals surface area contributed by atoms with Crippen LogP contribution in [0.5, 0.6) is 0 Å². The van der Waals surface area contributed by atoms with Crippen LogP contribution < -0.4 is 10.7 Å². The second-order valence-corrected chi connectivity index (χ2v) is 7.41. The highest BCUT2D eigenvalue weighted by molar-refractivity contribution is 7.12. The van der Waals surface area contributed by atoms with Gasteiger partial charge in [-0.25, -0.2) is 5.43 Å². The van der Waals surface area contributed by atoms with Crippen molar-refractivity contribution >= 4 is 34.7 Å². The molecule has 0 aromatic carbocycles. The summed E-state index contributed by atoms with van der Waals surface area (Å²) in [6.07, 6.45) is 2.24. The highest BCUT2D eigenvalue weighted by atomic mass is 32.1. The van der Waals surface area contributed by atoms with Gasteiger partial charge in [0, 0.05) is 23.6 Å². The number of carbonyl (C=O) groups excluding carboxylic acids is 2. The first-order chi connectivity index (χ1) is 13.5. The van der Waals surface area contributed by atoms with E-state index in [2.05, 4.69) is 21.0 Å². The summed E-state index contributed by atoms with van der Waals surface area (Å²) in [5.41, 5.74) is 4.79. The molecule has 2 amide bonds. The minimum Gasteiger partial charge on any atom is -0.455 e.